The Morgan fingerprint density at radius 3 is 1.53 bits per heavy atom. The van der Waals surface area contributed by atoms with E-state index in [0.29, 0.717) is 0 Å². The van der Waals surface area contributed by atoms with Crippen LogP contribution in [-0.4, -0.2) is 4.57 Å². The molecule has 322 valence electrons. The SMILES string of the molecule is Cc1ccc2c(-c3ccc4c(c3)C(C)(C)c3cc(N(c5ccccc5)c5ccc(-n6c7ccccc7c7ccccc76)cc5)ccc3-4)c3ccccc3c(-c3cccc(-c4ccccc4)c3)c2c1. The van der Waals surface area contributed by atoms with Gasteiger partial charge in [-0.1, -0.05) is 183 Å². The molecule has 2 heteroatoms. The average molecular weight is 869 g/mol. The van der Waals surface area contributed by atoms with Gasteiger partial charge in [-0.15, -0.1) is 0 Å². The molecule has 12 aromatic rings. The average Bonchev–Trinajstić information content (AvgIpc) is 3.84. The van der Waals surface area contributed by atoms with E-state index in [4.69, 9.17) is 0 Å². The van der Waals surface area contributed by atoms with E-state index in [-0.39, 0.29) is 5.41 Å². The van der Waals surface area contributed by atoms with Gasteiger partial charge in [0, 0.05) is 38.9 Å². The Morgan fingerprint density at radius 2 is 0.838 bits per heavy atom. The quantitative estimate of drug-likeness (QED) is 0.145. The largest absolute Gasteiger partial charge is 0.310 e. The zero-order chi connectivity index (χ0) is 45.5. The highest BCUT2D eigenvalue weighted by atomic mass is 15.1. The number of hydrogen-bond donors (Lipinski definition) is 0. The van der Waals surface area contributed by atoms with Gasteiger partial charge < -0.3 is 9.47 Å². The Bertz CT molecular complexity index is 3880. The lowest BCUT2D eigenvalue weighted by atomic mass is 9.80. The number of rotatable bonds is 7. The van der Waals surface area contributed by atoms with Crippen molar-refractivity contribution in [3.8, 4) is 50.2 Å². The third-order valence-electron chi connectivity index (χ3n) is 14.6. The van der Waals surface area contributed by atoms with Gasteiger partial charge >= 0.3 is 0 Å². The van der Waals surface area contributed by atoms with Gasteiger partial charge in [0.25, 0.3) is 0 Å². The van der Waals surface area contributed by atoms with Gasteiger partial charge in [-0.3, -0.25) is 0 Å². The summed E-state index contributed by atoms with van der Waals surface area (Å²) in [6, 6.07) is 87.4. The summed E-state index contributed by atoms with van der Waals surface area (Å²) in [7, 11) is 0. The predicted octanol–water partition coefficient (Wildman–Crippen LogP) is 18.2. The third kappa shape index (κ3) is 6.25. The van der Waals surface area contributed by atoms with Crippen molar-refractivity contribution in [2.45, 2.75) is 26.2 Å². The Labute approximate surface area is 397 Å². The van der Waals surface area contributed by atoms with Crippen LogP contribution in [0.25, 0.3) is 93.5 Å². The van der Waals surface area contributed by atoms with Gasteiger partial charge in [0.15, 0.2) is 0 Å². The molecule has 1 aliphatic carbocycles. The molecule has 0 spiro atoms. The lowest BCUT2D eigenvalue weighted by Gasteiger charge is -2.28. The normalized spacial score (nSPS) is 12.8. The Balaban J connectivity index is 0.916. The summed E-state index contributed by atoms with van der Waals surface area (Å²) in [5, 5.41) is 7.61. The van der Waals surface area contributed by atoms with Crippen LogP contribution >= 0.6 is 0 Å². The summed E-state index contributed by atoms with van der Waals surface area (Å²) < 4.78 is 2.39. The summed E-state index contributed by atoms with van der Waals surface area (Å²) in [6.45, 7) is 7.02. The van der Waals surface area contributed by atoms with E-state index in [9.17, 15) is 0 Å². The lowest BCUT2D eigenvalue weighted by molar-refractivity contribution is 0.660. The molecule has 0 atom stereocenters. The van der Waals surface area contributed by atoms with E-state index in [0.717, 1.165) is 22.7 Å². The zero-order valence-corrected chi connectivity index (χ0v) is 38.4. The Hall–Kier alpha value is -8.46. The van der Waals surface area contributed by atoms with Gasteiger partial charge in [-0.2, -0.15) is 0 Å². The van der Waals surface area contributed by atoms with E-state index >= 15 is 0 Å². The van der Waals surface area contributed by atoms with Crippen molar-refractivity contribution in [3.63, 3.8) is 0 Å². The van der Waals surface area contributed by atoms with Crippen LogP contribution in [0, 0.1) is 6.92 Å². The van der Waals surface area contributed by atoms with Crippen LogP contribution in [0.5, 0.6) is 0 Å². The minimum atomic E-state index is -0.251. The maximum absolute atomic E-state index is 2.49. The van der Waals surface area contributed by atoms with Gasteiger partial charge in [-0.05, 0) is 157 Å². The minimum absolute atomic E-state index is 0.251. The van der Waals surface area contributed by atoms with E-state index < -0.39 is 0 Å². The first kappa shape index (κ1) is 39.9. The number of para-hydroxylation sites is 3. The van der Waals surface area contributed by atoms with Crippen molar-refractivity contribution < 1.29 is 0 Å². The molecule has 13 rings (SSSR count). The molecule has 0 fully saturated rings. The van der Waals surface area contributed by atoms with Crippen molar-refractivity contribution >= 4 is 60.4 Å². The summed E-state index contributed by atoms with van der Waals surface area (Å²) in [5.41, 5.74) is 20.7. The molecule has 2 nitrogen and oxygen atoms in total. The van der Waals surface area contributed by atoms with Crippen LogP contribution in [0.15, 0.2) is 237 Å². The highest BCUT2D eigenvalue weighted by molar-refractivity contribution is 6.22. The highest BCUT2D eigenvalue weighted by Gasteiger charge is 2.37. The fourth-order valence-corrected chi connectivity index (χ4v) is 11.4. The summed E-state index contributed by atoms with van der Waals surface area (Å²) in [6.07, 6.45) is 0. The number of aryl methyl sites for hydroxylation is 1. The van der Waals surface area contributed by atoms with E-state index in [1.54, 1.807) is 0 Å². The van der Waals surface area contributed by atoms with Gasteiger partial charge in [0.2, 0.25) is 0 Å². The molecule has 11 aromatic carbocycles. The van der Waals surface area contributed by atoms with Crippen LogP contribution in [-0.2, 0) is 5.41 Å². The zero-order valence-electron chi connectivity index (χ0n) is 38.4. The summed E-state index contributed by atoms with van der Waals surface area (Å²) in [5.74, 6) is 0. The van der Waals surface area contributed by atoms with Gasteiger partial charge in [0.05, 0.1) is 11.0 Å². The molecule has 0 unspecified atom stereocenters. The Kier molecular flexibility index (Phi) is 9.13. The number of nitrogens with zero attached hydrogens (tertiary/aromatic N) is 2. The number of aromatic nitrogens is 1. The van der Waals surface area contributed by atoms with E-state index in [1.807, 2.05) is 0 Å². The topological polar surface area (TPSA) is 8.17 Å². The lowest BCUT2D eigenvalue weighted by Crippen LogP contribution is -2.16. The third-order valence-corrected chi connectivity index (χ3v) is 14.6. The number of fused-ring (bicyclic) bond motifs is 8. The molecule has 0 aliphatic heterocycles. The van der Waals surface area contributed by atoms with Crippen LogP contribution in [0.1, 0.15) is 30.5 Å². The van der Waals surface area contributed by atoms with Crippen molar-refractivity contribution in [1.82, 2.24) is 4.57 Å². The van der Waals surface area contributed by atoms with Crippen LogP contribution < -0.4 is 4.90 Å². The second kappa shape index (κ2) is 15.6. The summed E-state index contributed by atoms with van der Waals surface area (Å²) in [4.78, 5) is 2.40. The molecule has 0 N–H and O–H groups in total. The molecule has 68 heavy (non-hydrogen) atoms. The smallest absolute Gasteiger partial charge is 0.0541 e. The first-order chi connectivity index (χ1) is 33.4. The fourth-order valence-electron chi connectivity index (χ4n) is 11.4. The molecular weight excluding hydrogens is 821 g/mol. The standard InChI is InChI=1S/C66H48N2/c1-43-29-36-58-59(39-43)65(46-20-16-19-45(40-46)44-17-6-4-7-18-44)57-26-11-10-25-56(57)64(58)47-30-37-52-53-38-35-51(42-61(53)66(2,3)60(52)41-47)67(48-21-8-5-9-22-48)49-31-33-50(34-32-49)68-62-27-14-12-23-54(62)55-24-13-15-28-63(55)68/h4-42H,1-3H3. The first-order valence-electron chi connectivity index (χ1n) is 23.8. The predicted molar refractivity (Wildman–Crippen MR) is 289 cm³/mol. The van der Waals surface area contributed by atoms with E-state index in [2.05, 4.69) is 267 Å². The number of benzene rings is 11. The molecule has 1 aromatic heterocycles. The molecule has 0 saturated heterocycles. The molecule has 1 aliphatic rings. The summed E-state index contributed by atoms with van der Waals surface area (Å²) >= 11 is 0. The van der Waals surface area contributed by atoms with Crippen LogP contribution in [0.2, 0.25) is 0 Å². The van der Waals surface area contributed by atoms with Crippen molar-refractivity contribution in [2.75, 3.05) is 4.90 Å². The highest BCUT2D eigenvalue weighted by Crippen LogP contribution is 2.53. The maximum atomic E-state index is 2.49. The molecule has 0 radical (unpaired) electrons. The number of hydrogen-bond acceptors (Lipinski definition) is 1. The second-order valence-corrected chi connectivity index (χ2v) is 19.0. The first-order valence-corrected chi connectivity index (χ1v) is 23.8. The second-order valence-electron chi connectivity index (χ2n) is 19.0. The molecule has 0 bridgehead atoms. The van der Waals surface area contributed by atoms with E-state index in [1.165, 1.54) is 105 Å². The maximum Gasteiger partial charge on any atom is 0.0541 e. The van der Waals surface area contributed by atoms with Crippen molar-refractivity contribution in [3.05, 3.63) is 253 Å². The molecular formula is C66H48N2. The molecule has 0 saturated carbocycles. The van der Waals surface area contributed by atoms with Gasteiger partial charge in [-0.25, -0.2) is 0 Å². The van der Waals surface area contributed by atoms with Crippen LogP contribution in [0.4, 0.5) is 17.1 Å². The fraction of sp³-hybridized carbons (Fsp3) is 0.0606. The Morgan fingerprint density at radius 1 is 0.338 bits per heavy atom. The monoisotopic (exact) mass is 868 g/mol. The van der Waals surface area contributed by atoms with Crippen molar-refractivity contribution in [2.24, 2.45) is 0 Å². The van der Waals surface area contributed by atoms with Crippen molar-refractivity contribution in [1.29, 1.82) is 0 Å². The van der Waals surface area contributed by atoms with Gasteiger partial charge in [0.1, 0.15) is 0 Å². The van der Waals surface area contributed by atoms with Crippen LogP contribution in [0.3, 0.4) is 0 Å². The minimum Gasteiger partial charge on any atom is -0.310 e. The molecule has 1 heterocycles. The molecule has 0 amide bonds. The number of anilines is 3.